The monoisotopic (exact) mass is 222 g/mol. The van der Waals surface area contributed by atoms with Gasteiger partial charge in [0.25, 0.3) is 5.56 Å². The summed E-state index contributed by atoms with van der Waals surface area (Å²) in [6.07, 6.45) is 1.50. The number of imidazole rings is 1. The van der Waals surface area contributed by atoms with Crippen LogP contribution >= 0.6 is 0 Å². The van der Waals surface area contributed by atoms with Crippen LogP contribution in [-0.2, 0) is 14.1 Å². The summed E-state index contributed by atoms with van der Waals surface area (Å²) >= 11 is 0. The maximum Gasteiger partial charge on any atom is 2.00 e. The number of fused-ring (bicyclic) bond motifs is 1. The van der Waals surface area contributed by atoms with E-state index in [1.165, 1.54) is 10.9 Å². The van der Waals surface area contributed by atoms with Crippen molar-refractivity contribution in [1.82, 2.24) is 19.1 Å². The zero-order chi connectivity index (χ0) is 9.59. The van der Waals surface area contributed by atoms with E-state index in [9.17, 15) is 9.59 Å². The number of nitrogens with zero attached hydrogens (tertiary/aromatic N) is 3. The molecule has 0 saturated heterocycles. The summed E-state index contributed by atoms with van der Waals surface area (Å²) < 4.78 is 2.88. The number of H-pyrrole nitrogens is 1. The van der Waals surface area contributed by atoms with Crippen molar-refractivity contribution in [1.29, 1.82) is 0 Å². The molecule has 0 aromatic carbocycles. The molecule has 2 heterocycles. The van der Waals surface area contributed by atoms with Gasteiger partial charge in [0.1, 0.15) is 0 Å². The Balaban J connectivity index is 0. The Morgan fingerprint density at radius 3 is 2.71 bits per heavy atom. The van der Waals surface area contributed by atoms with Crippen molar-refractivity contribution in [2.75, 3.05) is 0 Å². The smallest absolute Gasteiger partial charge is 1.00 e. The largest absolute Gasteiger partial charge is 2.00 e. The fourth-order valence-corrected chi connectivity index (χ4v) is 1.26. The molecule has 0 bridgehead atoms. The predicted octanol–water partition coefficient (Wildman–Crippen LogP) is -1.20. The van der Waals surface area contributed by atoms with Gasteiger partial charge in [0, 0.05) is 14.1 Å². The molecule has 72 valence electrons. The molecule has 0 amide bonds. The van der Waals surface area contributed by atoms with Crippen molar-refractivity contribution >= 4 is 48.9 Å². The first-order chi connectivity index (χ1) is 6.11. The summed E-state index contributed by atoms with van der Waals surface area (Å²) in [4.78, 5) is 28.6. The SMILES string of the molecule is Cn1cnc2c1c(=O)[nH]c(=O)n2C.[Ca+2].[H-].[H-]. The molecule has 0 aliphatic rings. The van der Waals surface area contributed by atoms with Gasteiger partial charge < -0.3 is 7.42 Å². The van der Waals surface area contributed by atoms with Gasteiger partial charge in [-0.1, -0.05) is 0 Å². The molecule has 0 aliphatic carbocycles. The molecule has 0 radical (unpaired) electrons. The van der Waals surface area contributed by atoms with Gasteiger partial charge in [-0.15, -0.1) is 0 Å². The molecule has 0 unspecified atom stereocenters. The summed E-state index contributed by atoms with van der Waals surface area (Å²) in [5.74, 6) is 0. The van der Waals surface area contributed by atoms with Crippen molar-refractivity contribution in [3.63, 3.8) is 0 Å². The van der Waals surface area contributed by atoms with Crippen molar-refractivity contribution in [3.8, 4) is 0 Å². The van der Waals surface area contributed by atoms with Gasteiger partial charge in [-0.25, -0.2) is 9.78 Å². The molecule has 2 rings (SSSR count). The van der Waals surface area contributed by atoms with E-state index in [2.05, 4.69) is 9.97 Å². The minimum Gasteiger partial charge on any atom is -1.00 e. The quantitative estimate of drug-likeness (QED) is 0.569. The van der Waals surface area contributed by atoms with E-state index >= 15 is 0 Å². The molecule has 0 spiro atoms. The zero-order valence-electron chi connectivity index (χ0n) is 9.94. The van der Waals surface area contributed by atoms with E-state index < -0.39 is 11.2 Å². The van der Waals surface area contributed by atoms with Crippen molar-refractivity contribution in [3.05, 3.63) is 27.2 Å². The molecule has 0 fully saturated rings. The van der Waals surface area contributed by atoms with E-state index in [1.807, 2.05) is 0 Å². The van der Waals surface area contributed by atoms with Crippen LogP contribution in [0, 0.1) is 0 Å². The number of rotatable bonds is 0. The van der Waals surface area contributed by atoms with E-state index in [4.69, 9.17) is 0 Å². The molecule has 2 aromatic heterocycles. The van der Waals surface area contributed by atoms with Crippen LogP contribution < -0.4 is 11.2 Å². The Morgan fingerprint density at radius 2 is 2.07 bits per heavy atom. The van der Waals surface area contributed by atoms with Crippen LogP contribution in [-0.4, -0.2) is 56.8 Å². The van der Waals surface area contributed by atoms with Crippen LogP contribution in [0.2, 0.25) is 0 Å². The molecule has 6 nitrogen and oxygen atoms in total. The third-order valence-corrected chi connectivity index (χ3v) is 1.98. The van der Waals surface area contributed by atoms with Gasteiger partial charge >= 0.3 is 43.4 Å². The van der Waals surface area contributed by atoms with Crippen LogP contribution in [0.3, 0.4) is 0 Å². The van der Waals surface area contributed by atoms with Crippen molar-refractivity contribution < 1.29 is 2.85 Å². The number of aromatic amines is 1. The second-order valence-electron chi connectivity index (χ2n) is 2.85. The summed E-state index contributed by atoms with van der Waals surface area (Å²) in [5, 5.41) is 0. The fraction of sp³-hybridized carbons (Fsp3) is 0.286. The fourth-order valence-electron chi connectivity index (χ4n) is 1.26. The number of aryl methyl sites for hydroxylation is 2. The first-order valence-corrected chi connectivity index (χ1v) is 3.71. The molecule has 14 heavy (non-hydrogen) atoms. The Hall–Kier alpha value is -0.590. The summed E-state index contributed by atoms with van der Waals surface area (Å²) in [6.45, 7) is 0. The first kappa shape index (κ1) is 11.5. The topological polar surface area (TPSA) is 72.7 Å². The molecule has 2 aromatic rings. The Kier molecular flexibility index (Phi) is 3.18. The van der Waals surface area contributed by atoms with Gasteiger partial charge in [0.15, 0.2) is 11.2 Å². The van der Waals surface area contributed by atoms with E-state index in [0.717, 1.165) is 0 Å². The predicted molar refractivity (Wildman–Crippen MR) is 54.6 cm³/mol. The zero-order valence-corrected chi connectivity index (χ0v) is 10.2. The number of hydrogen-bond donors (Lipinski definition) is 1. The summed E-state index contributed by atoms with van der Waals surface area (Å²) in [7, 11) is 3.27. The first-order valence-electron chi connectivity index (χ1n) is 3.71. The van der Waals surface area contributed by atoms with Gasteiger partial charge in [-0.3, -0.25) is 14.3 Å². The molecule has 0 aliphatic heterocycles. The third kappa shape index (κ3) is 1.53. The minimum atomic E-state index is -0.448. The molecule has 7 heteroatoms. The van der Waals surface area contributed by atoms with Crippen LogP contribution in [0.1, 0.15) is 2.85 Å². The minimum absolute atomic E-state index is 0. The third-order valence-electron chi connectivity index (χ3n) is 1.98. The second kappa shape index (κ2) is 3.88. The van der Waals surface area contributed by atoms with E-state index in [0.29, 0.717) is 11.2 Å². The number of aromatic nitrogens is 4. The van der Waals surface area contributed by atoms with Crippen LogP contribution in [0.25, 0.3) is 11.2 Å². The maximum absolute atomic E-state index is 11.3. The van der Waals surface area contributed by atoms with Gasteiger partial charge in [-0.05, 0) is 0 Å². The van der Waals surface area contributed by atoms with Gasteiger partial charge in [0.05, 0.1) is 6.33 Å². The summed E-state index contributed by atoms with van der Waals surface area (Å²) in [5.41, 5.74) is -0.0485. The Bertz CT molecular complexity index is 588. The van der Waals surface area contributed by atoms with Crippen LogP contribution in [0.15, 0.2) is 15.9 Å². The average molecular weight is 222 g/mol. The Labute approximate surface area is 112 Å². The second-order valence-corrected chi connectivity index (χ2v) is 2.85. The molecule has 0 saturated carbocycles. The Morgan fingerprint density at radius 1 is 1.43 bits per heavy atom. The van der Waals surface area contributed by atoms with E-state index in [-0.39, 0.29) is 40.6 Å². The molecule has 0 atom stereocenters. The van der Waals surface area contributed by atoms with E-state index in [1.54, 1.807) is 18.7 Å². The summed E-state index contributed by atoms with van der Waals surface area (Å²) in [6, 6.07) is 0. The number of nitrogens with one attached hydrogen (secondary N) is 1. The van der Waals surface area contributed by atoms with Crippen molar-refractivity contribution in [2.45, 2.75) is 0 Å². The average Bonchev–Trinajstić information content (AvgIpc) is 2.44. The molecule has 1 N–H and O–H groups in total. The van der Waals surface area contributed by atoms with Gasteiger partial charge in [0.2, 0.25) is 0 Å². The van der Waals surface area contributed by atoms with Crippen molar-refractivity contribution in [2.24, 2.45) is 14.1 Å². The molecular formula is C7H10CaN4O2. The van der Waals surface area contributed by atoms with Gasteiger partial charge in [-0.2, -0.15) is 0 Å². The number of hydrogen-bond acceptors (Lipinski definition) is 3. The van der Waals surface area contributed by atoms with Crippen LogP contribution in [0.5, 0.6) is 0 Å². The standard InChI is InChI=1S/C7H8N4O2.Ca.2H/c1-10-3-8-5-4(10)6(12)9-7(13)11(5)2;;;/h3H,1-2H3,(H,9,12,13);;;/q;+2;2*-1. The normalized spacial score (nSPS) is 10.1. The van der Waals surface area contributed by atoms with Crippen LogP contribution in [0.4, 0.5) is 0 Å². The maximum atomic E-state index is 11.3. The molecular weight excluding hydrogens is 212 g/mol.